The van der Waals surface area contributed by atoms with Gasteiger partial charge in [-0.2, -0.15) is 0 Å². The van der Waals surface area contributed by atoms with Crippen molar-refractivity contribution in [2.75, 3.05) is 18.4 Å². The summed E-state index contributed by atoms with van der Waals surface area (Å²) in [6.07, 6.45) is 0.966. The van der Waals surface area contributed by atoms with Crippen molar-refractivity contribution in [3.8, 4) is 0 Å². The molecule has 0 saturated heterocycles. The number of anilines is 1. The summed E-state index contributed by atoms with van der Waals surface area (Å²) in [6.45, 7) is 1.59. The van der Waals surface area contributed by atoms with Crippen LogP contribution >= 0.6 is 27.5 Å². The van der Waals surface area contributed by atoms with Crippen LogP contribution in [-0.2, 0) is 0 Å². The van der Waals surface area contributed by atoms with Crippen LogP contribution in [0.25, 0.3) is 0 Å². The third kappa shape index (κ3) is 3.55. The van der Waals surface area contributed by atoms with Crippen LogP contribution in [0.5, 0.6) is 0 Å². The number of hydrogen-bond donors (Lipinski definition) is 2. The molecule has 0 heterocycles. The molecule has 1 aromatic rings. The summed E-state index contributed by atoms with van der Waals surface area (Å²) in [4.78, 5) is 0. The Hall–Kier alpha value is -0.250. The maximum Gasteiger partial charge on any atom is 0.0568 e. The lowest BCUT2D eigenvalue weighted by molar-refractivity contribution is 0.874. The molecule has 0 aliphatic rings. The third-order valence-corrected chi connectivity index (χ3v) is 2.86. The van der Waals surface area contributed by atoms with Crippen LogP contribution in [0.15, 0.2) is 22.7 Å². The zero-order valence-corrected chi connectivity index (χ0v) is 9.53. The fraction of sp³-hybridized carbons (Fsp3) is 0.333. The Balaban J connectivity index is 2.53. The molecule has 0 fully saturated rings. The highest BCUT2D eigenvalue weighted by Gasteiger charge is 1.97. The zero-order chi connectivity index (χ0) is 9.68. The molecular weight excluding hydrogens is 251 g/mol. The maximum atomic E-state index is 5.92. The van der Waals surface area contributed by atoms with E-state index in [1.807, 2.05) is 18.2 Å². The van der Waals surface area contributed by atoms with Gasteiger partial charge in [-0.05, 0) is 47.1 Å². The maximum absolute atomic E-state index is 5.92. The monoisotopic (exact) mass is 262 g/mol. The van der Waals surface area contributed by atoms with Crippen LogP contribution < -0.4 is 11.1 Å². The van der Waals surface area contributed by atoms with E-state index in [2.05, 4.69) is 21.2 Å². The van der Waals surface area contributed by atoms with E-state index in [-0.39, 0.29) is 0 Å². The topological polar surface area (TPSA) is 38.0 Å². The van der Waals surface area contributed by atoms with Crippen molar-refractivity contribution in [3.05, 3.63) is 27.7 Å². The standard InChI is InChI=1S/C9H12BrClN2/c10-8-3-2-7(6-9(8)11)13-5-1-4-12/h2-3,6,13H,1,4-5,12H2. The number of rotatable bonds is 4. The lowest BCUT2D eigenvalue weighted by Crippen LogP contribution is -2.08. The van der Waals surface area contributed by atoms with Crippen LogP contribution in [0.4, 0.5) is 5.69 Å². The molecule has 0 unspecified atom stereocenters. The van der Waals surface area contributed by atoms with E-state index in [1.54, 1.807) is 0 Å². The summed E-state index contributed by atoms with van der Waals surface area (Å²) in [5, 5.41) is 3.95. The number of halogens is 2. The molecule has 72 valence electrons. The normalized spacial score (nSPS) is 10.1. The van der Waals surface area contributed by atoms with E-state index in [4.69, 9.17) is 17.3 Å². The van der Waals surface area contributed by atoms with Gasteiger partial charge in [0.25, 0.3) is 0 Å². The van der Waals surface area contributed by atoms with Crippen molar-refractivity contribution in [3.63, 3.8) is 0 Å². The quantitative estimate of drug-likeness (QED) is 0.820. The van der Waals surface area contributed by atoms with E-state index in [0.717, 1.165) is 28.1 Å². The van der Waals surface area contributed by atoms with E-state index in [9.17, 15) is 0 Å². The molecule has 4 heteroatoms. The van der Waals surface area contributed by atoms with Crippen LogP contribution in [0, 0.1) is 0 Å². The summed E-state index contributed by atoms with van der Waals surface area (Å²) in [7, 11) is 0. The number of nitrogens with two attached hydrogens (primary N) is 1. The van der Waals surface area contributed by atoms with Gasteiger partial charge in [0.1, 0.15) is 0 Å². The van der Waals surface area contributed by atoms with Crippen molar-refractivity contribution in [2.24, 2.45) is 5.73 Å². The molecule has 0 bridgehead atoms. The average Bonchev–Trinajstić information content (AvgIpc) is 2.12. The predicted octanol–water partition coefficient (Wildman–Crippen LogP) is 2.86. The van der Waals surface area contributed by atoms with Gasteiger partial charge in [-0.15, -0.1) is 0 Å². The Morgan fingerprint density at radius 1 is 1.46 bits per heavy atom. The van der Waals surface area contributed by atoms with E-state index >= 15 is 0 Å². The molecule has 0 atom stereocenters. The molecular formula is C9H12BrClN2. The first-order chi connectivity index (χ1) is 6.24. The van der Waals surface area contributed by atoms with Crippen molar-refractivity contribution in [2.45, 2.75) is 6.42 Å². The highest BCUT2D eigenvalue weighted by molar-refractivity contribution is 9.10. The van der Waals surface area contributed by atoms with Crippen molar-refractivity contribution >= 4 is 33.2 Å². The molecule has 2 nitrogen and oxygen atoms in total. The first-order valence-corrected chi connectivity index (χ1v) is 5.30. The van der Waals surface area contributed by atoms with Crippen molar-refractivity contribution in [1.29, 1.82) is 0 Å². The lowest BCUT2D eigenvalue weighted by Gasteiger charge is -2.06. The van der Waals surface area contributed by atoms with Crippen molar-refractivity contribution in [1.82, 2.24) is 0 Å². The summed E-state index contributed by atoms with van der Waals surface area (Å²) in [6, 6.07) is 5.79. The zero-order valence-electron chi connectivity index (χ0n) is 7.19. The fourth-order valence-corrected chi connectivity index (χ4v) is 1.37. The first kappa shape index (κ1) is 10.8. The highest BCUT2D eigenvalue weighted by atomic mass is 79.9. The molecule has 0 saturated carbocycles. The van der Waals surface area contributed by atoms with Gasteiger partial charge >= 0.3 is 0 Å². The van der Waals surface area contributed by atoms with Gasteiger partial charge < -0.3 is 11.1 Å². The Kier molecular flexibility index (Phi) is 4.56. The first-order valence-electron chi connectivity index (χ1n) is 4.13. The summed E-state index contributed by atoms with van der Waals surface area (Å²) in [5.41, 5.74) is 6.40. The number of benzene rings is 1. The molecule has 0 aliphatic heterocycles. The van der Waals surface area contributed by atoms with Gasteiger partial charge in [-0.1, -0.05) is 11.6 Å². The summed E-state index contributed by atoms with van der Waals surface area (Å²) in [5.74, 6) is 0. The SMILES string of the molecule is NCCCNc1ccc(Br)c(Cl)c1. The second-order valence-electron chi connectivity index (χ2n) is 2.70. The van der Waals surface area contributed by atoms with E-state index in [1.165, 1.54) is 0 Å². The molecule has 3 N–H and O–H groups in total. The van der Waals surface area contributed by atoms with Gasteiger partial charge in [-0.3, -0.25) is 0 Å². The minimum absolute atomic E-state index is 0.706. The second kappa shape index (κ2) is 5.47. The molecule has 13 heavy (non-hydrogen) atoms. The summed E-state index contributed by atoms with van der Waals surface area (Å²) < 4.78 is 0.915. The second-order valence-corrected chi connectivity index (χ2v) is 3.96. The van der Waals surface area contributed by atoms with E-state index in [0.29, 0.717) is 6.54 Å². The van der Waals surface area contributed by atoms with Gasteiger partial charge in [0.15, 0.2) is 0 Å². The Bertz CT molecular complexity index is 278. The van der Waals surface area contributed by atoms with Gasteiger partial charge in [0.05, 0.1) is 5.02 Å². The summed E-state index contributed by atoms with van der Waals surface area (Å²) >= 11 is 9.25. The van der Waals surface area contributed by atoms with Crippen LogP contribution in [0.1, 0.15) is 6.42 Å². The minimum Gasteiger partial charge on any atom is -0.385 e. The van der Waals surface area contributed by atoms with Gasteiger partial charge in [-0.25, -0.2) is 0 Å². The molecule has 0 aliphatic carbocycles. The Morgan fingerprint density at radius 2 is 2.23 bits per heavy atom. The molecule has 0 aromatic heterocycles. The van der Waals surface area contributed by atoms with Crippen molar-refractivity contribution < 1.29 is 0 Å². The highest BCUT2D eigenvalue weighted by Crippen LogP contribution is 2.25. The lowest BCUT2D eigenvalue weighted by atomic mass is 10.3. The molecule has 0 amide bonds. The number of nitrogens with one attached hydrogen (secondary N) is 1. The molecule has 1 aromatic carbocycles. The van der Waals surface area contributed by atoms with Gasteiger partial charge in [0, 0.05) is 16.7 Å². The average molecular weight is 264 g/mol. The smallest absolute Gasteiger partial charge is 0.0568 e. The Labute approximate surface area is 91.6 Å². The van der Waals surface area contributed by atoms with Crippen LogP contribution in [-0.4, -0.2) is 13.1 Å². The largest absolute Gasteiger partial charge is 0.385 e. The fourth-order valence-electron chi connectivity index (χ4n) is 0.941. The molecule has 0 radical (unpaired) electrons. The van der Waals surface area contributed by atoms with Gasteiger partial charge in [0.2, 0.25) is 0 Å². The molecule has 0 spiro atoms. The van der Waals surface area contributed by atoms with Crippen LogP contribution in [0.2, 0.25) is 5.02 Å². The predicted molar refractivity (Wildman–Crippen MR) is 61.3 cm³/mol. The Morgan fingerprint density at radius 3 is 2.85 bits per heavy atom. The minimum atomic E-state index is 0.706. The van der Waals surface area contributed by atoms with Crippen LogP contribution in [0.3, 0.4) is 0 Å². The molecule has 1 rings (SSSR count). The number of hydrogen-bond acceptors (Lipinski definition) is 2. The third-order valence-electron chi connectivity index (χ3n) is 1.63. The van der Waals surface area contributed by atoms with E-state index < -0.39 is 0 Å².